The van der Waals surface area contributed by atoms with Crippen LogP contribution in [0.1, 0.15) is 48.7 Å². The third-order valence-corrected chi connectivity index (χ3v) is 6.14. The van der Waals surface area contributed by atoms with E-state index in [1.807, 2.05) is 48.5 Å². The number of aromatic nitrogens is 3. The van der Waals surface area contributed by atoms with Crippen molar-refractivity contribution in [3.8, 4) is 11.1 Å². The molecule has 0 aliphatic heterocycles. The molecule has 2 aromatic carbocycles. The molecule has 1 N–H and O–H groups in total. The van der Waals surface area contributed by atoms with Gasteiger partial charge in [0, 0.05) is 24.0 Å². The van der Waals surface area contributed by atoms with Crippen LogP contribution in [0.25, 0.3) is 22.0 Å². The number of para-hydroxylation sites is 1. The van der Waals surface area contributed by atoms with Crippen molar-refractivity contribution in [2.24, 2.45) is 0 Å². The number of rotatable bonds is 5. The molecule has 0 saturated heterocycles. The monoisotopic (exact) mass is 448 g/mol. The summed E-state index contributed by atoms with van der Waals surface area (Å²) in [6, 6.07) is 18.1. The van der Waals surface area contributed by atoms with Crippen molar-refractivity contribution in [1.82, 2.24) is 15.0 Å². The summed E-state index contributed by atoms with van der Waals surface area (Å²) in [4.78, 5) is 13.1. The van der Waals surface area contributed by atoms with Crippen molar-refractivity contribution in [1.29, 1.82) is 0 Å². The van der Waals surface area contributed by atoms with Crippen molar-refractivity contribution in [2.75, 3.05) is 5.32 Å². The summed E-state index contributed by atoms with van der Waals surface area (Å²) in [5.74, 6) is 2.13. The fourth-order valence-electron chi connectivity index (χ4n) is 4.36. The van der Waals surface area contributed by atoms with Crippen molar-refractivity contribution in [3.63, 3.8) is 0 Å². The van der Waals surface area contributed by atoms with Crippen LogP contribution >= 0.6 is 0 Å². The highest BCUT2D eigenvalue weighted by Gasteiger charge is 2.32. The van der Waals surface area contributed by atoms with Gasteiger partial charge in [0.1, 0.15) is 17.3 Å². The number of nitrogens with zero attached hydrogens (tertiary/aromatic N) is 3. The molecule has 1 aliphatic carbocycles. The Balaban J connectivity index is 1.36. The first-order valence-electron chi connectivity index (χ1n) is 11.1. The zero-order chi connectivity index (χ0) is 22.8. The average molecular weight is 448 g/mol. The predicted molar refractivity (Wildman–Crippen MR) is 123 cm³/mol. The van der Waals surface area contributed by atoms with Crippen molar-refractivity contribution in [2.45, 2.75) is 44.3 Å². The van der Waals surface area contributed by atoms with Gasteiger partial charge in [-0.3, -0.25) is 4.98 Å². The molecule has 0 atom stereocenters. The van der Waals surface area contributed by atoms with Crippen LogP contribution in [0.5, 0.6) is 0 Å². The van der Waals surface area contributed by atoms with Gasteiger partial charge in [-0.25, -0.2) is 9.97 Å². The Labute approximate surface area is 189 Å². The number of nitrogens with one attached hydrogen (secondary N) is 1. The van der Waals surface area contributed by atoms with Crippen LogP contribution in [0, 0.1) is 0 Å². The minimum absolute atomic E-state index is 0.413. The molecule has 0 radical (unpaired) electrons. The van der Waals surface area contributed by atoms with Gasteiger partial charge >= 0.3 is 6.18 Å². The van der Waals surface area contributed by atoms with E-state index >= 15 is 0 Å². The van der Waals surface area contributed by atoms with Gasteiger partial charge in [-0.2, -0.15) is 13.2 Å². The zero-order valence-electron chi connectivity index (χ0n) is 17.9. The first kappa shape index (κ1) is 21.4. The lowest BCUT2D eigenvalue weighted by molar-refractivity contribution is -0.141. The molecule has 168 valence electrons. The molecule has 1 saturated carbocycles. The van der Waals surface area contributed by atoms with E-state index in [1.165, 1.54) is 19.0 Å². The minimum atomic E-state index is -4.46. The summed E-state index contributed by atoms with van der Waals surface area (Å²) in [5, 5.41) is 4.43. The molecule has 1 aliphatic rings. The molecule has 2 heterocycles. The molecule has 2 aromatic heterocycles. The maximum absolute atomic E-state index is 13.0. The number of fused-ring (bicyclic) bond motifs is 1. The van der Waals surface area contributed by atoms with Gasteiger partial charge in [0.25, 0.3) is 0 Å². The summed E-state index contributed by atoms with van der Waals surface area (Å²) in [7, 11) is 0. The highest BCUT2D eigenvalue weighted by atomic mass is 19.4. The van der Waals surface area contributed by atoms with E-state index in [0.717, 1.165) is 47.0 Å². The Morgan fingerprint density at radius 2 is 1.64 bits per heavy atom. The van der Waals surface area contributed by atoms with Crippen LogP contribution in [0.4, 0.5) is 19.0 Å². The summed E-state index contributed by atoms with van der Waals surface area (Å²) >= 11 is 0. The molecule has 0 unspecified atom stereocenters. The highest BCUT2D eigenvalue weighted by Crippen LogP contribution is 2.34. The molecule has 5 rings (SSSR count). The topological polar surface area (TPSA) is 50.7 Å². The normalized spacial score (nSPS) is 14.6. The summed E-state index contributed by atoms with van der Waals surface area (Å²) in [6.45, 7) is 0.551. The fourth-order valence-corrected chi connectivity index (χ4v) is 4.36. The van der Waals surface area contributed by atoms with Crippen molar-refractivity contribution >= 4 is 16.7 Å². The van der Waals surface area contributed by atoms with Crippen LogP contribution in [-0.2, 0) is 12.7 Å². The quantitative estimate of drug-likeness (QED) is 0.358. The van der Waals surface area contributed by atoms with Crippen LogP contribution in [0.3, 0.4) is 0 Å². The van der Waals surface area contributed by atoms with Gasteiger partial charge in [0.2, 0.25) is 0 Å². The summed E-state index contributed by atoms with van der Waals surface area (Å²) in [5.41, 5.74) is 2.25. The highest BCUT2D eigenvalue weighted by molar-refractivity contribution is 5.89. The molecule has 7 heteroatoms. The second-order valence-corrected chi connectivity index (χ2v) is 8.41. The van der Waals surface area contributed by atoms with Gasteiger partial charge in [0.15, 0.2) is 0 Å². The first-order valence-corrected chi connectivity index (χ1v) is 11.1. The van der Waals surface area contributed by atoms with E-state index in [-0.39, 0.29) is 0 Å². The Hall–Kier alpha value is -3.48. The molecule has 33 heavy (non-hydrogen) atoms. The van der Waals surface area contributed by atoms with E-state index < -0.39 is 11.9 Å². The Kier molecular flexibility index (Phi) is 5.70. The minimum Gasteiger partial charge on any atom is -0.365 e. The van der Waals surface area contributed by atoms with Crippen molar-refractivity contribution < 1.29 is 13.2 Å². The summed E-state index contributed by atoms with van der Waals surface area (Å²) < 4.78 is 38.9. The lowest BCUT2D eigenvalue weighted by Crippen LogP contribution is -2.08. The molecule has 1 fully saturated rings. The van der Waals surface area contributed by atoms with E-state index in [1.54, 1.807) is 6.07 Å². The lowest BCUT2D eigenvalue weighted by atomic mass is 10.0. The maximum Gasteiger partial charge on any atom is 0.433 e. The van der Waals surface area contributed by atoms with Gasteiger partial charge in [0.05, 0.1) is 5.52 Å². The van der Waals surface area contributed by atoms with Gasteiger partial charge < -0.3 is 5.32 Å². The van der Waals surface area contributed by atoms with E-state index in [4.69, 9.17) is 9.97 Å². The van der Waals surface area contributed by atoms with Crippen LogP contribution in [-0.4, -0.2) is 15.0 Å². The Morgan fingerprint density at radius 3 is 2.39 bits per heavy atom. The summed E-state index contributed by atoms with van der Waals surface area (Å²) in [6.07, 6.45) is 1.43. The SMILES string of the molecule is FC(F)(F)c1cc(-c2ccc(CNc3nc(C4CCCC4)nc4ccccc34)cc2)ccn1. The zero-order valence-corrected chi connectivity index (χ0v) is 17.9. The molecule has 4 nitrogen and oxygen atoms in total. The maximum atomic E-state index is 13.0. The van der Waals surface area contributed by atoms with Gasteiger partial charge in [-0.05, 0) is 53.8 Å². The second-order valence-electron chi connectivity index (χ2n) is 8.41. The average Bonchev–Trinajstić information content (AvgIpc) is 3.37. The number of halogens is 3. The van der Waals surface area contributed by atoms with Crippen LogP contribution in [0.15, 0.2) is 66.9 Å². The fraction of sp³-hybridized carbons (Fsp3) is 0.269. The smallest absolute Gasteiger partial charge is 0.365 e. The molecule has 0 spiro atoms. The third kappa shape index (κ3) is 4.67. The number of hydrogen-bond acceptors (Lipinski definition) is 4. The van der Waals surface area contributed by atoms with E-state index in [0.29, 0.717) is 23.6 Å². The number of alkyl halides is 3. The first-order chi connectivity index (χ1) is 16.0. The Bertz CT molecular complexity index is 1260. The van der Waals surface area contributed by atoms with Crippen LogP contribution < -0.4 is 5.32 Å². The predicted octanol–water partition coefficient (Wildman–Crippen LogP) is 6.98. The molecular weight excluding hydrogens is 425 g/mol. The number of benzene rings is 2. The number of hydrogen-bond donors (Lipinski definition) is 1. The number of pyridine rings is 1. The Morgan fingerprint density at radius 1 is 0.879 bits per heavy atom. The lowest BCUT2D eigenvalue weighted by Gasteiger charge is -2.14. The van der Waals surface area contributed by atoms with Crippen LogP contribution in [0.2, 0.25) is 0 Å². The van der Waals surface area contributed by atoms with E-state index in [2.05, 4.69) is 10.3 Å². The molecule has 0 bridgehead atoms. The molecule has 4 aromatic rings. The molecular formula is C26H23F3N4. The van der Waals surface area contributed by atoms with Gasteiger partial charge in [-0.15, -0.1) is 0 Å². The second kappa shape index (κ2) is 8.81. The molecule has 0 amide bonds. The van der Waals surface area contributed by atoms with Gasteiger partial charge in [-0.1, -0.05) is 49.2 Å². The number of anilines is 1. The third-order valence-electron chi connectivity index (χ3n) is 6.14. The largest absolute Gasteiger partial charge is 0.433 e. The van der Waals surface area contributed by atoms with E-state index in [9.17, 15) is 13.2 Å². The van der Waals surface area contributed by atoms with Crippen molar-refractivity contribution in [3.05, 3.63) is 83.9 Å². The standard InChI is InChI=1S/C26H23F3N4/c27-26(28,29)23-15-20(13-14-30-23)18-11-9-17(10-12-18)16-31-25-21-7-3-4-8-22(21)32-24(33-25)19-5-1-2-6-19/h3-4,7-15,19H,1-2,5-6,16H2,(H,31,32,33).